The molecule has 0 radical (unpaired) electrons. The molecule has 0 unspecified atom stereocenters. The summed E-state index contributed by atoms with van der Waals surface area (Å²) in [7, 11) is -2.29. The predicted octanol–water partition coefficient (Wildman–Crippen LogP) is 7.65. The lowest BCUT2D eigenvalue weighted by Crippen LogP contribution is -2.79. The monoisotopic (exact) mass is 664 g/mol. The molecule has 4 nitrogen and oxygen atoms in total. The minimum absolute atomic E-state index is 0.0278. The van der Waals surface area contributed by atoms with Crippen LogP contribution < -0.4 is 36.6 Å². The Balaban J connectivity index is 1.27. The van der Waals surface area contributed by atoms with Gasteiger partial charge in [-0.15, -0.1) is 0 Å². The highest BCUT2D eigenvalue weighted by atomic mass is 28.3. The van der Waals surface area contributed by atoms with Gasteiger partial charge in [0.2, 0.25) is 0 Å². The number of anilines is 6. The highest BCUT2D eigenvalue weighted by Gasteiger charge is 2.51. The van der Waals surface area contributed by atoms with Gasteiger partial charge < -0.3 is 9.80 Å². The van der Waals surface area contributed by atoms with Crippen LogP contribution in [0.15, 0.2) is 140 Å². The Hall–Kier alpha value is -5.72. The van der Waals surface area contributed by atoms with Gasteiger partial charge in [0.05, 0.1) is 22.8 Å². The molecule has 0 spiro atoms. The van der Waals surface area contributed by atoms with Crippen LogP contribution in [0.4, 0.5) is 34.1 Å². The van der Waals surface area contributed by atoms with Crippen molar-refractivity contribution in [2.45, 2.75) is 26.8 Å². The normalized spacial score (nSPS) is 16.7. The van der Waals surface area contributed by atoms with Crippen LogP contribution in [0.1, 0.15) is 19.4 Å². The first-order valence-corrected chi connectivity index (χ1v) is 20.0. The first kappa shape index (κ1) is 23.6. The zero-order valence-corrected chi connectivity index (χ0v) is 28.6. The van der Waals surface area contributed by atoms with Crippen LogP contribution in [0.3, 0.4) is 0 Å². The fourth-order valence-electron chi connectivity index (χ4n) is 8.70. The second-order valence-corrected chi connectivity index (χ2v) is 18.1. The van der Waals surface area contributed by atoms with E-state index >= 15 is 0 Å². The molecule has 3 aliphatic rings. The molecule has 50 heavy (non-hydrogen) atoms. The number of para-hydroxylation sites is 2. The van der Waals surface area contributed by atoms with Gasteiger partial charge in [-0.25, -0.2) is 0 Å². The van der Waals surface area contributed by atoms with Crippen LogP contribution in [0.5, 0.6) is 0 Å². The van der Waals surface area contributed by atoms with E-state index in [4.69, 9.17) is 18.2 Å². The minimum atomic E-state index is -2.29. The summed E-state index contributed by atoms with van der Waals surface area (Å²) in [5.74, 6) is 0. The highest BCUT2D eigenvalue weighted by molar-refractivity contribution is 7.16. The third-order valence-corrected chi connectivity index (χ3v) is 14.3. The molecule has 2 aromatic heterocycles. The van der Waals surface area contributed by atoms with E-state index in [0.717, 1.165) is 45.3 Å². The molecule has 0 amide bonds. The van der Waals surface area contributed by atoms with Crippen molar-refractivity contribution in [2.24, 2.45) is 0 Å². The number of aromatic nitrogens is 2. The molecule has 7 aromatic rings. The van der Waals surface area contributed by atoms with E-state index in [-0.39, 0.29) is 17.8 Å². The molecular weight excluding hydrogens is 623 g/mol. The largest absolute Gasteiger partial charge is 0.311 e. The van der Waals surface area contributed by atoms with Gasteiger partial charge in [-0.2, -0.15) is 0 Å². The number of rotatable bonds is 4. The average molecular weight is 665 g/mol. The first-order valence-electron chi connectivity index (χ1n) is 20.0. The van der Waals surface area contributed by atoms with Crippen LogP contribution >= 0.6 is 0 Å². The van der Waals surface area contributed by atoms with Gasteiger partial charge in [0, 0.05) is 54.5 Å². The lowest BCUT2D eigenvalue weighted by molar-refractivity contribution is 1.23. The Bertz CT molecular complexity index is 2580. The van der Waals surface area contributed by atoms with Crippen LogP contribution in [0, 0.1) is 13.7 Å². The number of benzene rings is 5. The molecule has 3 aliphatic heterocycles. The Morgan fingerprint density at radius 1 is 0.500 bits per heavy atom. The maximum Gasteiger partial charge on any atom is 0.251 e. The molecule has 238 valence electrons. The molecule has 0 N–H and O–H groups in total. The van der Waals surface area contributed by atoms with E-state index in [1.54, 1.807) is 36.7 Å². The molecule has 0 bridgehead atoms. The van der Waals surface area contributed by atoms with Crippen molar-refractivity contribution in [3.05, 3.63) is 151 Å². The van der Waals surface area contributed by atoms with E-state index in [2.05, 4.69) is 89.6 Å². The zero-order chi connectivity index (χ0) is 38.7. The quantitative estimate of drug-likeness (QED) is 0.181. The zero-order valence-electron chi connectivity index (χ0n) is 33.6. The molecule has 6 heteroatoms. The van der Waals surface area contributed by atoms with Crippen molar-refractivity contribution < 1.29 is 8.22 Å². The molecule has 5 heterocycles. The van der Waals surface area contributed by atoms with Gasteiger partial charge in [-0.05, 0) is 102 Å². The summed E-state index contributed by atoms with van der Waals surface area (Å²) >= 11 is 0. The standard InChI is InChI=1S/C44H35BN4Si/c1-28-22-24-46-32(26-28)30-12-5-7-14-34(30)48-36-16-9-17-37-42(36)45-43-38(48)18-10-20-40(43)50(3,4)41-21-11-19-39(44(41)45)49(37)35-15-8-6-13-31(35)33-27-29(2)23-25-47-33/h5-27H,1-4H3/i1D3,2D3. The van der Waals surface area contributed by atoms with E-state index in [1.807, 2.05) is 36.4 Å². The predicted molar refractivity (Wildman–Crippen MR) is 213 cm³/mol. The van der Waals surface area contributed by atoms with Crippen molar-refractivity contribution in [2.75, 3.05) is 9.80 Å². The summed E-state index contributed by atoms with van der Waals surface area (Å²) in [4.78, 5) is 14.1. The van der Waals surface area contributed by atoms with Crippen molar-refractivity contribution in [1.82, 2.24) is 9.97 Å². The van der Waals surface area contributed by atoms with Gasteiger partial charge in [0.15, 0.2) is 0 Å². The highest BCUT2D eigenvalue weighted by Crippen LogP contribution is 2.47. The third kappa shape index (κ3) is 4.00. The second kappa shape index (κ2) is 10.6. The second-order valence-electron chi connectivity index (χ2n) is 13.8. The first-order chi connectivity index (χ1) is 26.8. The van der Waals surface area contributed by atoms with Gasteiger partial charge in [0.25, 0.3) is 6.71 Å². The van der Waals surface area contributed by atoms with Crippen molar-refractivity contribution >= 4 is 75.7 Å². The Kier molecular flexibility index (Phi) is 5.02. The summed E-state index contributed by atoms with van der Waals surface area (Å²) in [6.07, 6.45) is 3.17. The number of pyridine rings is 2. The summed E-state index contributed by atoms with van der Waals surface area (Å²) in [5, 5.41) is 2.80. The Labute approximate surface area is 303 Å². The molecule has 0 saturated heterocycles. The molecule has 10 rings (SSSR count). The maximum atomic E-state index is 8.14. The van der Waals surface area contributed by atoms with E-state index in [0.29, 0.717) is 11.4 Å². The SMILES string of the molecule is [2H]C([2H])([2H])c1ccnc(-c2ccccc2N2c3cccc4c3B3c5c2cccc5[Si](C)(C)c2cccc(c23)N4c2ccccc2-c2cc(C([2H])([2H])[2H])ccn2)c1. The lowest BCUT2D eigenvalue weighted by Gasteiger charge is -2.50. The Morgan fingerprint density at radius 2 is 0.920 bits per heavy atom. The lowest BCUT2D eigenvalue weighted by atomic mass is 9.33. The van der Waals surface area contributed by atoms with Crippen LogP contribution in [0.2, 0.25) is 13.1 Å². The maximum absolute atomic E-state index is 8.14. The minimum Gasteiger partial charge on any atom is -0.311 e. The van der Waals surface area contributed by atoms with E-state index in [9.17, 15) is 0 Å². The number of nitrogens with zero attached hydrogens (tertiary/aromatic N) is 4. The summed E-state index contributed by atoms with van der Waals surface area (Å²) in [6.45, 7) is 0.310. The Morgan fingerprint density at radius 3 is 1.40 bits per heavy atom. The fraction of sp³-hybridized carbons (Fsp3) is 0.0909. The van der Waals surface area contributed by atoms with Crippen molar-refractivity contribution in [1.29, 1.82) is 0 Å². The van der Waals surface area contributed by atoms with Gasteiger partial charge in [0.1, 0.15) is 8.07 Å². The third-order valence-electron chi connectivity index (χ3n) is 10.8. The summed E-state index contributed by atoms with van der Waals surface area (Å²) in [6, 6.07) is 42.7. The van der Waals surface area contributed by atoms with Gasteiger partial charge >= 0.3 is 0 Å². The average Bonchev–Trinajstić information content (AvgIpc) is 3.19. The molecule has 0 saturated carbocycles. The number of aryl methyl sites for hydroxylation is 2. The fourth-order valence-corrected chi connectivity index (χ4v) is 11.9. The summed E-state index contributed by atoms with van der Waals surface area (Å²) in [5.41, 5.74) is 13.2. The molecule has 0 atom stereocenters. The number of hydrogen-bond acceptors (Lipinski definition) is 4. The van der Waals surface area contributed by atoms with Crippen LogP contribution in [-0.4, -0.2) is 24.8 Å². The van der Waals surface area contributed by atoms with Crippen LogP contribution in [0.25, 0.3) is 22.5 Å². The van der Waals surface area contributed by atoms with Crippen molar-refractivity contribution in [3.8, 4) is 22.5 Å². The molecular formula is C44H35BN4Si. The molecule has 0 fully saturated rings. The topological polar surface area (TPSA) is 32.3 Å². The summed E-state index contributed by atoms with van der Waals surface area (Å²) < 4.78 is 48.8. The van der Waals surface area contributed by atoms with Crippen LogP contribution in [-0.2, 0) is 0 Å². The van der Waals surface area contributed by atoms with Gasteiger partial charge in [-0.1, -0.05) is 90.2 Å². The van der Waals surface area contributed by atoms with E-state index in [1.165, 1.54) is 26.8 Å². The number of hydrogen-bond donors (Lipinski definition) is 0. The van der Waals surface area contributed by atoms with E-state index < -0.39 is 21.8 Å². The smallest absolute Gasteiger partial charge is 0.251 e. The van der Waals surface area contributed by atoms with Gasteiger partial charge in [-0.3, -0.25) is 9.97 Å². The van der Waals surface area contributed by atoms with Crippen molar-refractivity contribution in [3.63, 3.8) is 0 Å². The molecule has 5 aromatic carbocycles. The molecule has 0 aliphatic carbocycles.